The van der Waals surface area contributed by atoms with Crippen molar-refractivity contribution >= 4 is 46.4 Å². The Labute approximate surface area is 236 Å². The maximum atomic E-state index is 13.5. The van der Waals surface area contributed by atoms with Crippen molar-refractivity contribution in [1.82, 2.24) is 19.9 Å². The summed E-state index contributed by atoms with van der Waals surface area (Å²) in [4.78, 5) is 59.3. The first-order valence-electron chi connectivity index (χ1n) is 12.9. The number of rotatable bonds is 10. The number of benzene rings is 2. The highest BCUT2D eigenvalue weighted by atomic mass is 16.5. The van der Waals surface area contributed by atoms with Gasteiger partial charge in [-0.25, -0.2) is 14.8 Å². The average molecular weight is 559 g/mol. The SMILES string of the molecule is CCOC(=O)CCN(C(=O)c1ccc2c(c1)nc(CNc1ccc(C(=O)NC(=O)OC)cc1)n2C)c1ccccn1. The smallest absolute Gasteiger partial charge is 0.413 e. The van der Waals surface area contributed by atoms with Crippen molar-refractivity contribution in [3.63, 3.8) is 0 Å². The van der Waals surface area contributed by atoms with Crippen LogP contribution in [0.1, 0.15) is 39.9 Å². The number of ether oxygens (including phenoxy) is 2. The molecule has 0 atom stereocenters. The van der Waals surface area contributed by atoms with Crippen molar-refractivity contribution < 1.29 is 28.7 Å². The third-order valence-electron chi connectivity index (χ3n) is 6.23. The number of nitrogens with zero attached hydrogens (tertiary/aromatic N) is 4. The van der Waals surface area contributed by atoms with Crippen LogP contribution in [0.4, 0.5) is 16.3 Å². The molecule has 41 heavy (non-hydrogen) atoms. The Morgan fingerprint density at radius 1 is 1.00 bits per heavy atom. The predicted octanol–water partition coefficient (Wildman–Crippen LogP) is 3.68. The molecule has 4 aromatic rings. The summed E-state index contributed by atoms with van der Waals surface area (Å²) in [5.41, 5.74) is 2.93. The summed E-state index contributed by atoms with van der Waals surface area (Å²) >= 11 is 0. The molecule has 12 heteroatoms. The lowest BCUT2D eigenvalue weighted by Crippen LogP contribution is -2.34. The molecule has 0 radical (unpaired) electrons. The molecule has 12 nitrogen and oxygen atoms in total. The third kappa shape index (κ3) is 7.04. The number of amides is 3. The zero-order valence-electron chi connectivity index (χ0n) is 22.9. The van der Waals surface area contributed by atoms with Gasteiger partial charge < -0.3 is 19.4 Å². The number of imidazole rings is 1. The summed E-state index contributed by atoms with van der Waals surface area (Å²) in [5, 5.41) is 5.37. The van der Waals surface area contributed by atoms with E-state index in [0.717, 1.165) is 17.0 Å². The molecular weight excluding hydrogens is 528 g/mol. The van der Waals surface area contributed by atoms with Gasteiger partial charge in [-0.2, -0.15) is 0 Å². The van der Waals surface area contributed by atoms with Gasteiger partial charge in [-0.1, -0.05) is 6.07 Å². The van der Waals surface area contributed by atoms with E-state index >= 15 is 0 Å². The van der Waals surface area contributed by atoms with Gasteiger partial charge in [-0.15, -0.1) is 0 Å². The molecule has 0 saturated carbocycles. The van der Waals surface area contributed by atoms with Crippen LogP contribution in [0.3, 0.4) is 0 Å². The fraction of sp³-hybridized carbons (Fsp3) is 0.241. The number of nitrogens with one attached hydrogen (secondary N) is 2. The van der Waals surface area contributed by atoms with Crippen LogP contribution < -0.4 is 15.5 Å². The van der Waals surface area contributed by atoms with Crippen LogP contribution in [-0.4, -0.2) is 58.7 Å². The summed E-state index contributed by atoms with van der Waals surface area (Å²) in [6, 6.07) is 17.1. The highest BCUT2D eigenvalue weighted by Gasteiger charge is 2.21. The first-order chi connectivity index (χ1) is 19.8. The van der Waals surface area contributed by atoms with E-state index < -0.39 is 18.0 Å². The average Bonchev–Trinajstić information content (AvgIpc) is 3.31. The standard InChI is InChI=1S/C29H30N6O6/c1-4-41-26(36)14-16-35(24-7-5-6-15-30-24)28(38)20-10-13-23-22(17-20)32-25(34(23)2)18-31-21-11-8-19(9-12-21)27(37)33-29(39)40-3/h5-13,15,17,31H,4,14,16,18H2,1-3H3,(H,33,37,39). The quantitative estimate of drug-likeness (QED) is 0.279. The second-order valence-electron chi connectivity index (χ2n) is 8.87. The third-order valence-corrected chi connectivity index (χ3v) is 6.23. The lowest BCUT2D eigenvalue weighted by atomic mass is 10.1. The van der Waals surface area contributed by atoms with E-state index in [9.17, 15) is 19.2 Å². The number of alkyl carbamates (subject to hydrolysis) is 1. The number of hydrogen-bond donors (Lipinski definition) is 2. The fourth-order valence-electron chi connectivity index (χ4n) is 4.10. The number of esters is 1. The Hall–Kier alpha value is -5.26. The Morgan fingerprint density at radius 2 is 1.76 bits per heavy atom. The van der Waals surface area contributed by atoms with Crippen molar-refractivity contribution in [2.24, 2.45) is 7.05 Å². The van der Waals surface area contributed by atoms with Gasteiger partial charge in [0.25, 0.3) is 11.8 Å². The highest BCUT2D eigenvalue weighted by Crippen LogP contribution is 2.21. The van der Waals surface area contributed by atoms with Gasteiger partial charge >= 0.3 is 12.1 Å². The molecule has 2 aromatic heterocycles. The van der Waals surface area contributed by atoms with Gasteiger partial charge in [-0.05, 0) is 61.5 Å². The molecule has 2 N–H and O–H groups in total. The van der Waals surface area contributed by atoms with Crippen molar-refractivity contribution in [2.45, 2.75) is 19.9 Å². The first kappa shape index (κ1) is 28.7. The molecule has 0 aliphatic heterocycles. The number of pyridine rings is 1. The molecule has 2 aromatic carbocycles. The van der Waals surface area contributed by atoms with Gasteiger partial charge in [-0.3, -0.25) is 24.6 Å². The monoisotopic (exact) mass is 558 g/mol. The van der Waals surface area contributed by atoms with Crippen molar-refractivity contribution in [3.05, 3.63) is 83.8 Å². The Morgan fingerprint density at radius 3 is 2.44 bits per heavy atom. The van der Waals surface area contributed by atoms with Crippen LogP contribution >= 0.6 is 0 Å². The van der Waals surface area contributed by atoms with E-state index in [4.69, 9.17) is 9.72 Å². The van der Waals surface area contributed by atoms with Crippen LogP contribution in [0, 0.1) is 0 Å². The number of aromatic nitrogens is 3. The van der Waals surface area contributed by atoms with Gasteiger partial charge in [0.1, 0.15) is 11.6 Å². The Kier molecular flexibility index (Phi) is 9.25. The molecule has 4 rings (SSSR count). The van der Waals surface area contributed by atoms with Crippen LogP contribution in [0.2, 0.25) is 0 Å². The number of aryl methyl sites for hydroxylation is 1. The van der Waals surface area contributed by atoms with Crippen molar-refractivity contribution in [2.75, 3.05) is 30.5 Å². The van der Waals surface area contributed by atoms with E-state index in [1.807, 2.05) is 17.7 Å². The number of anilines is 2. The topological polar surface area (TPSA) is 145 Å². The number of fused-ring (bicyclic) bond motifs is 1. The van der Waals surface area contributed by atoms with Crippen molar-refractivity contribution in [3.8, 4) is 0 Å². The lowest BCUT2D eigenvalue weighted by Gasteiger charge is -2.21. The number of carbonyl (C=O) groups is 4. The minimum absolute atomic E-state index is 0.0364. The van der Waals surface area contributed by atoms with E-state index in [-0.39, 0.29) is 25.5 Å². The Bertz CT molecular complexity index is 1550. The van der Waals surface area contributed by atoms with Gasteiger partial charge in [0.05, 0.1) is 37.7 Å². The summed E-state index contributed by atoms with van der Waals surface area (Å²) < 4.78 is 11.4. The van der Waals surface area contributed by atoms with Crippen LogP contribution in [0.15, 0.2) is 66.9 Å². The highest BCUT2D eigenvalue weighted by molar-refractivity contribution is 6.07. The van der Waals surface area contributed by atoms with E-state index in [1.54, 1.807) is 67.7 Å². The number of methoxy groups -OCH3 is 1. The molecular formula is C29H30N6O6. The van der Waals surface area contributed by atoms with E-state index in [0.29, 0.717) is 29.0 Å². The summed E-state index contributed by atoms with van der Waals surface area (Å²) in [6.07, 6.45) is 0.797. The van der Waals surface area contributed by atoms with Crippen LogP contribution in [0.25, 0.3) is 11.0 Å². The molecule has 3 amide bonds. The number of imide groups is 1. The second-order valence-corrected chi connectivity index (χ2v) is 8.87. The maximum Gasteiger partial charge on any atom is 0.413 e. The first-order valence-corrected chi connectivity index (χ1v) is 12.9. The second kappa shape index (κ2) is 13.2. The zero-order valence-corrected chi connectivity index (χ0v) is 22.9. The summed E-state index contributed by atoms with van der Waals surface area (Å²) in [7, 11) is 3.06. The van der Waals surface area contributed by atoms with E-state index in [2.05, 4.69) is 20.4 Å². The normalized spacial score (nSPS) is 10.6. The van der Waals surface area contributed by atoms with Gasteiger partial charge in [0.2, 0.25) is 0 Å². The van der Waals surface area contributed by atoms with E-state index in [1.165, 1.54) is 12.0 Å². The molecule has 0 spiro atoms. The predicted molar refractivity (Wildman–Crippen MR) is 152 cm³/mol. The largest absolute Gasteiger partial charge is 0.466 e. The van der Waals surface area contributed by atoms with Crippen LogP contribution in [-0.2, 0) is 27.9 Å². The number of carbonyl (C=O) groups excluding carboxylic acids is 4. The summed E-state index contributed by atoms with van der Waals surface area (Å²) in [5.74, 6) is -0.108. The molecule has 0 bridgehead atoms. The molecule has 0 aliphatic rings. The minimum atomic E-state index is -0.829. The molecule has 0 saturated heterocycles. The minimum Gasteiger partial charge on any atom is -0.466 e. The Balaban J connectivity index is 1.48. The maximum absolute atomic E-state index is 13.5. The summed E-state index contributed by atoms with van der Waals surface area (Å²) in [6.45, 7) is 2.50. The van der Waals surface area contributed by atoms with Crippen molar-refractivity contribution in [1.29, 1.82) is 0 Å². The molecule has 2 heterocycles. The zero-order chi connectivity index (χ0) is 29.4. The fourth-order valence-corrected chi connectivity index (χ4v) is 4.10. The number of hydrogen-bond acceptors (Lipinski definition) is 9. The molecule has 0 aliphatic carbocycles. The lowest BCUT2D eigenvalue weighted by molar-refractivity contribution is -0.142. The molecule has 0 unspecified atom stereocenters. The van der Waals surface area contributed by atoms with Gasteiger partial charge in [0.15, 0.2) is 0 Å². The van der Waals surface area contributed by atoms with Crippen LogP contribution in [0.5, 0.6) is 0 Å². The molecule has 212 valence electrons. The van der Waals surface area contributed by atoms with Gasteiger partial charge in [0, 0.05) is 36.6 Å². The molecule has 0 fully saturated rings.